The number of hydrogen-bond acceptors (Lipinski definition) is 4. The van der Waals surface area contributed by atoms with Gasteiger partial charge in [0.2, 0.25) is 0 Å². The Morgan fingerprint density at radius 1 is 1.17 bits per heavy atom. The normalized spacial score (nSPS) is 17.4. The molecule has 2 heterocycles. The van der Waals surface area contributed by atoms with Gasteiger partial charge in [-0.05, 0) is 61.1 Å². The second kappa shape index (κ2) is 9.04. The second-order valence-electron chi connectivity index (χ2n) is 8.32. The van der Waals surface area contributed by atoms with Crippen LogP contribution in [-0.2, 0) is 17.6 Å². The molecule has 1 aromatic carbocycles. The van der Waals surface area contributed by atoms with Gasteiger partial charge in [0.25, 0.3) is 0 Å². The molecule has 2 aliphatic rings. The lowest BCUT2D eigenvalue weighted by atomic mass is 9.83. The maximum absolute atomic E-state index is 11.9. The van der Waals surface area contributed by atoms with E-state index in [1.807, 2.05) is 0 Å². The van der Waals surface area contributed by atoms with Gasteiger partial charge >= 0.3 is 5.97 Å². The van der Waals surface area contributed by atoms with Crippen LogP contribution in [0.25, 0.3) is 0 Å². The van der Waals surface area contributed by atoms with E-state index in [2.05, 4.69) is 35.1 Å². The van der Waals surface area contributed by atoms with Crippen LogP contribution >= 0.6 is 0 Å². The van der Waals surface area contributed by atoms with Crippen LogP contribution in [0.1, 0.15) is 95.9 Å². The first-order valence-electron chi connectivity index (χ1n) is 10.9. The Labute approximate surface area is 172 Å². The lowest BCUT2D eigenvalue weighted by Crippen LogP contribution is -2.17. The Morgan fingerprint density at radius 2 is 1.97 bits per heavy atom. The van der Waals surface area contributed by atoms with E-state index in [0.717, 1.165) is 63.9 Å². The SMILES string of the molecule is CCCCc1c(Cc2ncc(C3CC3)nc2C(=O)O)cccc1C1CCOCC1. The molecule has 154 valence electrons. The molecule has 1 saturated carbocycles. The summed E-state index contributed by atoms with van der Waals surface area (Å²) >= 11 is 0. The Hall–Kier alpha value is -2.27. The largest absolute Gasteiger partial charge is 0.476 e. The molecule has 0 amide bonds. The van der Waals surface area contributed by atoms with E-state index in [9.17, 15) is 9.90 Å². The third-order valence-corrected chi connectivity index (χ3v) is 6.17. The molecule has 29 heavy (non-hydrogen) atoms. The molecule has 5 nitrogen and oxygen atoms in total. The number of unbranched alkanes of at least 4 members (excludes halogenated alkanes) is 1. The maximum Gasteiger partial charge on any atom is 0.356 e. The van der Waals surface area contributed by atoms with Crippen LogP contribution in [0.15, 0.2) is 24.4 Å². The summed E-state index contributed by atoms with van der Waals surface area (Å²) < 4.78 is 5.56. The fraction of sp³-hybridized carbons (Fsp3) is 0.542. The summed E-state index contributed by atoms with van der Waals surface area (Å²) in [4.78, 5) is 20.9. The number of ether oxygens (including phenoxy) is 1. The number of aromatic nitrogens is 2. The lowest BCUT2D eigenvalue weighted by Gasteiger charge is -2.26. The van der Waals surface area contributed by atoms with Crippen LogP contribution in [0.3, 0.4) is 0 Å². The highest BCUT2D eigenvalue weighted by molar-refractivity contribution is 5.86. The smallest absolute Gasteiger partial charge is 0.356 e. The highest BCUT2D eigenvalue weighted by Gasteiger charge is 2.28. The standard InChI is InChI=1S/C24H30N2O3/c1-2-3-6-20-18(5-4-7-19(20)16-10-12-29-13-11-16)14-21-23(24(27)28)26-22(15-25-21)17-8-9-17/h4-5,7,15-17H,2-3,6,8-14H2,1H3,(H,27,28). The van der Waals surface area contributed by atoms with Crippen molar-refractivity contribution in [2.24, 2.45) is 0 Å². The molecule has 0 unspecified atom stereocenters. The number of hydrogen-bond donors (Lipinski definition) is 1. The fourth-order valence-electron chi connectivity index (χ4n) is 4.35. The predicted octanol–water partition coefficient (Wildman–Crippen LogP) is 4.88. The van der Waals surface area contributed by atoms with Crippen LogP contribution in [0, 0.1) is 0 Å². The molecule has 1 aliphatic heterocycles. The highest BCUT2D eigenvalue weighted by Crippen LogP contribution is 2.39. The average molecular weight is 395 g/mol. The van der Waals surface area contributed by atoms with Gasteiger partial charge in [-0.1, -0.05) is 31.5 Å². The Balaban J connectivity index is 1.68. The van der Waals surface area contributed by atoms with E-state index in [-0.39, 0.29) is 5.69 Å². The Bertz CT molecular complexity index is 870. The number of nitrogens with zero attached hydrogens (tertiary/aromatic N) is 2. The topological polar surface area (TPSA) is 72.3 Å². The third kappa shape index (κ3) is 4.67. The van der Waals surface area contributed by atoms with Crippen molar-refractivity contribution < 1.29 is 14.6 Å². The quantitative estimate of drug-likeness (QED) is 0.691. The third-order valence-electron chi connectivity index (χ3n) is 6.17. The molecule has 2 aromatic rings. The van der Waals surface area contributed by atoms with Gasteiger partial charge in [-0.15, -0.1) is 0 Å². The number of aromatic carboxylic acids is 1. The summed E-state index contributed by atoms with van der Waals surface area (Å²) in [6, 6.07) is 6.50. The molecule has 1 aliphatic carbocycles. The molecule has 0 radical (unpaired) electrons. The van der Waals surface area contributed by atoms with Gasteiger partial charge in [-0.25, -0.2) is 9.78 Å². The van der Waals surface area contributed by atoms with Crippen LogP contribution < -0.4 is 0 Å². The van der Waals surface area contributed by atoms with Gasteiger partial charge in [0.1, 0.15) is 0 Å². The molecule has 5 heteroatoms. The fourth-order valence-corrected chi connectivity index (χ4v) is 4.35. The Kier molecular flexibility index (Phi) is 6.24. The highest BCUT2D eigenvalue weighted by atomic mass is 16.5. The van der Waals surface area contributed by atoms with Crippen molar-refractivity contribution >= 4 is 5.97 Å². The predicted molar refractivity (Wildman–Crippen MR) is 112 cm³/mol. The van der Waals surface area contributed by atoms with Crippen molar-refractivity contribution in [3.8, 4) is 0 Å². The van der Waals surface area contributed by atoms with Crippen LogP contribution in [0.4, 0.5) is 0 Å². The number of rotatable bonds is 8. The van der Waals surface area contributed by atoms with Gasteiger partial charge in [-0.3, -0.25) is 4.98 Å². The minimum atomic E-state index is -0.981. The van der Waals surface area contributed by atoms with Gasteiger partial charge in [0, 0.05) is 31.7 Å². The first-order chi connectivity index (χ1) is 14.2. The zero-order valence-corrected chi connectivity index (χ0v) is 17.2. The van der Waals surface area contributed by atoms with E-state index in [1.54, 1.807) is 6.20 Å². The van der Waals surface area contributed by atoms with Crippen molar-refractivity contribution in [3.05, 3.63) is 58.2 Å². The molecule has 4 rings (SSSR count). The first-order valence-corrected chi connectivity index (χ1v) is 10.9. The zero-order chi connectivity index (χ0) is 20.2. The van der Waals surface area contributed by atoms with E-state index in [4.69, 9.17) is 4.74 Å². The summed E-state index contributed by atoms with van der Waals surface area (Å²) in [6.07, 6.45) is 9.88. The van der Waals surface area contributed by atoms with E-state index in [1.165, 1.54) is 16.7 Å². The average Bonchev–Trinajstić information content (AvgIpc) is 3.59. The molecular weight excluding hydrogens is 364 g/mol. The molecular formula is C24H30N2O3. The van der Waals surface area contributed by atoms with Crippen molar-refractivity contribution in [2.75, 3.05) is 13.2 Å². The molecule has 1 aromatic heterocycles. The van der Waals surface area contributed by atoms with Crippen LogP contribution in [-0.4, -0.2) is 34.3 Å². The maximum atomic E-state index is 11.9. The number of carboxylic acid groups (broad SMARTS) is 1. The molecule has 0 spiro atoms. The van der Waals surface area contributed by atoms with Crippen LogP contribution in [0.5, 0.6) is 0 Å². The molecule has 0 bridgehead atoms. The monoisotopic (exact) mass is 394 g/mol. The van der Waals surface area contributed by atoms with Gasteiger partial charge in [0.15, 0.2) is 5.69 Å². The van der Waals surface area contributed by atoms with Gasteiger partial charge in [-0.2, -0.15) is 0 Å². The summed E-state index contributed by atoms with van der Waals surface area (Å²) in [5.41, 5.74) is 5.51. The number of carbonyl (C=O) groups is 1. The molecule has 1 N–H and O–H groups in total. The van der Waals surface area contributed by atoms with E-state index in [0.29, 0.717) is 24.0 Å². The zero-order valence-electron chi connectivity index (χ0n) is 17.2. The van der Waals surface area contributed by atoms with Crippen LogP contribution in [0.2, 0.25) is 0 Å². The Morgan fingerprint density at radius 3 is 2.66 bits per heavy atom. The van der Waals surface area contributed by atoms with Crippen molar-refractivity contribution in [3.63, 3.8) is 0 Å². The number of carboxylic acids is 1. The van der Waals surface area contributed by atoms with E-state index >= 15 is 0 Å². The van der Waals surface area contributed by atoms with Crippen molar-refractivity contribution in [1.29, 1.82) is 0 Å². The van der Waals surface area contributed by atoms with Crippen molar-refractivity contribution in [2.45, 2.75) is 70.1 Å². The summed E-state index contributed by atoms with van der Waals surface area (Å²) in [5.74, 6) is -0.0601. The second-order valence-corrected chi connectivity index (χ2v) is 8.32. The van der Waals surface area contributed by atoms with E-state index < -0.39 is 5.97 Å². The summed E-state index contributed by atoms with van der Waals surface area (Å²) in [6.45, 7) is 3.85. The van der Waals surface area contributed by atoms with Gasteiger partial charge < -0.3 is 9.84 Å². The first kappa shape index (κ1) is 20.0. The lowest BCUT2D eigenvalue weighted by molar-refractivity contribution is 0.0688. The summed E-state index contributed by atoms with van der Waals surface area (Å²) in [7, 11) is 0. The molecule has 0 atom stereocenters. The summed E-state index contributed by atoms with van der Waals surface area (Å²) in [5, 5.41) is 9.72. The number of benzene rings is 1. The van der Waals surface area contributed by atoms with Gasteiger partial charge in [0.05, 0.1) is 11.4 Å². The van der Waals surface area contributed by atoms with Crippen molar-refractivity contribution in [1.82, 2.24) is 9.97 Å². The molecule has 2 fully saturated rings. The minimum Gasteiger partial charge on any atom is -0.476 e. The molecule has 1 saturated heterocycles. The minimum absolute atomic E-state index is 0.118.